The van der Waals surface area contributed by atoms with Crippen LogP contribution in [-0.4, -0.2) is 27.0 Å². The number of hydrogen-bond donors (Lipinski definition) is 1. The Morgan fingerprint density at radius 1 is 1.16 bits per heavy atom. The van der Waals surface area contributed by atoms with Gasteiger partial charge in [-0.25, -0.2) is 8.42 Å². The molecule has 0 aromatic heterocycles. The third kappa shape index (κ3) is 5.33. The number of nitrogens with one attached hydrogen (secondary N) is 1. The molecule has 4 heteroatoms. The van der Waals surface area contributed by atoms with Gasteiger partial charge in [-0.2, -0.15) is 0 Å². The van der Waals surface area contributed by atoms with Crippen molar-refractivity contribution in [2.45, 2.75) is 33.2 Å². The molecule has 0 bridgehead atoms. The molecule has 0 aliphatic rings. The first-order valence-corrected chi connectivity index (χ1v) is 8.64. The number of hydrogen-bond acceptors (Lipinski definition) is 3. The van der Waals surface area contributed by atoms with E-state index in [0.717, 1.165) is 12.0 Å². The standard InChI is InChI=1S/C15H25NO2S/c1-5-12(2)10-19(17,18)11-15(16-4)14-8-6-13(3)7-9-14/h6-9,12,15-16H,5,10-11H2,1-4H3. The predicted octanol–water partition coefficient (Wildman–Crippen LogP) is 2.72. The van der Waals surface area contributed by atoms with Crippen molar-refractivity contribution in [1.29, 1.82) is 0 Å². The van der Waals surface area contributed by atoms with Crippen LogP contribution in [0.2, 0.25) is 0 Å². The van der Waals surface area contributed by atoms with Crippen LogP contribution in [0.4, 0.5) is 0 Å². The van der Waals surface area contributed by atoms with Crippen LogP contribution >= 0.6 is 0 Å². The lowest BCUT2D eigenvalue weighted by molar-refractivity contribution is 0.549. The van der Waals surface area contributed by atoms with Gasteiger partial charge >= 0.3 is 0 Å². The fourth-order valence-electron chi connectivity index (χ4n) is 2.02. The van der Waals surface area contributed by atoms with Crippen LogP contribution in [0.3, 0.4) is 0 Å². The molecule has 0 aliphatic carbocycles. The summed E-state index contributed by atoms with van der Waals surface area (Å²) in [7, 11) is -1.22. The summed E-state index contributed by atoms with van der Waals surface area (Å²) in [6.45, 7) is 6.03. The Morgan fingerprint density at radius 2 is 1.74 bits per heavy atom. The molecule has 108 valence electrons. The summed E-state index contributed by atoms with van der Waals surface area (Å²) >= 11 is 0. The second kappa shape index (κ2) is 7.06. The summed E-state index contributed by atoms with van der Waals surface area (Å²) in [5.74, 6) is 0.658. The predicted molar refractivity (Wildman–Crippen MR) is 81.1 cm³/mol. The summed E-state index contributed by atoms with van der Waals surface area (Å²) in [5.41, 5.74) is 2.21. The van der Waals surface area contributed by atoms with E-state index in [1.54, 1.807) is 0 Å². The van der Waals surface area contributed by atoms with E-state index >= 15 is 0 Å². The summed E-state index contributed by atoms with van der Waals surface area (Å²) in [5, 5.41) is 3.11. The van der Waals surface area contributed by atoms with Crippen LogP contribution < -0.4 is 5.32 Å². The molecule has 3 nitrogen and oxygen atoms in total. The lowest BCUT2D eigenvalue weighted by atomic mass is 10.1. The van der Waals surface area contributed by atoms with Crippen molar-refractivity contribution in [2.24, 2.45) is 5.92 Å². The monoisotopic (exact) mass is 283 g/mol. The highest BCUT2D eigenvalue weighted by molar-refractivity contribution is 7.91. The summed E-state index contributed by atoms with van der Waals surface area (Å²) in [4.78, 5) is 0. The number of aryl methyl sites for hydroxylation is 1. The fraction of sp³-hybridized carbons (Fsp3) is 0.600. The Kier molecular flexibility index (Phi) is 6.01. The molecule has 0 spiro atoms. The normalized spacial score (nSPS) is 15.2. The average Bonchev–Trinajstić information content (AvgIpc) is 2.36. The van der Waals surface area contributed by atoms with E-state index < -0.39 is 9.84 Å². The second-order valence-electron chi connectivity index (χ2n) is 5.34. The largest absolute Gasteiger partial charge is 0.312 e. The van der Waals surface area contributed by atoms with Gasteiger partial charge in [0.2, 0.25) is 0 Å². The smallest absolute Gasteiger partial charge is 0.152 e. The molecule has 2 unspecified atom stereocenters. The van der Waals surface area contributed by atoms with E-state index in [1.165, 1.54) is 5.56 Å². The molecule has 0 saturated heterocycles. The highest BCUT2D eigenvalue weighted by Crippen LogP contribution is 2.17. The van der Waals surface area contributed by atoms with Gasteiger partial charge in [0.05, 0.1) is 11.5 Å². The van der Waals surface area contributed by atoms with Crippen molar-refractivity contribution < 1.29 is 8.42 Å². The van der Waals surface area contributed by atoms with Crippen LogP contribution in [0.25, 0.3) is 0 Å². The van der Waals surface area contributed by atoms with E-state index in [4.69, 9.17) is 0 Å². The van der Waals surface area contributed by atoms with Crippen molar-refractivity contribution in [2.75, 3.05) is 18.6 Å². The molecule has 2 atom stereocenters. The van der Waals surface area contributed by atoms with Gasteiger partial charge in [-0.05, 0) is 25.5 Å². The van der Waals surface area contributed by atoms with Gasteiger partial charge in [0.15, 0.2) is 9.84 Å². The van der Waals surface area contributed by atoms with E-state index in [2.05, 4.69) is 5.32 Å². The third-order valence-corrected chi connectivity index (χ3v) is 5.40. The van der Waals surface area contributed by atoms with Gasteiger partial charge < -0.3 is 5.32 Å². The third-order valence-electron chi connectivity index (χ3n) is 3.48. The zero-order valence-corrected chi connectivity index (χ0v) is 13.1. The van der Waals surface area contributed by atoms with Crippen molar-refractivity contribution in [1.82, 2.24) is 5.32 Å². The first-order chi connectivity index (χ1) is 8.88. The maximum Gasteiger partial charge on any atom is 0.152 e. The molecule has 1 aromatic rings. The van der Waals surface area contributed by atoms with E-state index in [1.807, 2.05) is 52.1 Å². The van der Waals surface area contributed by atoms with Crippen molar-refractivity contribution in [3.8, 4) is 0 Å². The number of sulfone groups is 1. The van der Waals surface area contributed by atoms with E-state index in [9.17, 15) is 8.42 Å². The van der Waals surface area contributed by atoms with E-state index in [0.29, 0.717) is 0 Å². The molecule has 0 amide bonds. The quantitative estimate of drug-likeness (QED) is 0.837. The Hall–Kier alpha value is -0.870. The lowest BCUT2D eigenvalue weighted by Gasteiger charge is -2.18. The van der Waals surface area contributed by atoms with Crippen LogP contribution in [0.15, 0.2) is 24.3 Å². The zero-order valence-electron chi connectivity index (χ0n) is 12.3. The van der Waals surface area contributed by atoms with Crippen LogP contribution in [0.5, 0.6) is 0 Å². The molecule has 0 radical (unpaired) electrons. The van der Waals surface area contributed by atoms with Gasteiger partial charge in [0.25, 0.3) is 0 Å². The second-order valence-corrected chi connectivity index (χ2v) is 7.50. The highest BCUT2D eigenvalue weighted by atomic mass is 32.2. The molecule has 0 saturated carbocycles. The summed E-state index contributed by atoms with van der Waals surface area (Å²) in [6, 6.07) is 7.89. The van der Waals surface area contributed by atoms with Gasteiger partial charge in [0, 0.05) is 6.04 Å². The fourth-order valence-corrected chi connectivity index (χ4v) is 4.12. The van der Waals surface area contributed by atoms with Crippen LogP contribution in [0, 0.1) is 12.8 Å². The summed E-state index contributed by atoms with van der Waals surface area (Å²) < 4.78 is 24.3. The molecular weight excluding hydrogens is 258 g/mol. The molecule has 0 aliphatic heterocycles. The minimum atomic E-state index is -3.03. The molecular formula is C15H25NO2S. The van der Waals surface area contributed by atoms with Crippen molar-refractivity contribution in [3.63, 3.8) is 0 Å². The van der Waals surface area contributed by atoms with Gasteiger partial charge in [-0.15, -0.1) is 0 Å². The van der Waals surface area contributed by atoms with Gasteiger partial charge in [-0.3, -0.25) is 0 Å². The maximum atomic E-state index is 12.2. The number of rotatable bonds is 7. The first kappa shape index (κ1) is 16.2. The minimum absolute atomic E-state index is 0.130. The van der Waals surface area contributed by atoms with Gasteiger partial charge in [0.1, 0.15) is 0 Å². The molecule has 0 fully saturated rings. The zero-order chi connectivity index (χ0) is 14.5. The molecule has 1 N–H and O–H groups in total. The van der Waals surface area contributed by atoms with Crippen LogP contribution in [0.1, 0.15) is 37.4 Å². The Balaban J connectivity index is 2.79. The molecule has 0 heterocycles. The average molecular weight is 283 g/mol. The molecule has 1 rings (SSSR count). The van der Waals surface area contributed by atoms with Gasteiger partial charge in [-0.1, -0.05) is 50.1 Å². The Labute approximate surface area is 117 Å². The number of benzene rings is 1. The molecule has 19 heavy (non-hydrogen) atoms. The highest BCUT2D eigenvalue weighted by Gasteiger charge is 2.21. The Bertz CT molecular complexity index is 479. The van der Waals surface area contributed by atoms with Crippen molar-refractivity contribution in [3.05, 3.63) is 35.4 Å². The summed E-state index contributed by atoms with van der Waals surface area (Å²) in [6.07, 6.45) is 0.897. The van der Waals surface area contributed by atoms with Crippen molar-refractivity contribution >= 4 is 9.84 Å². The van der Waals surface area contributed by atoms with Crippen LogP contribution in [-0.2, 0) is 9.84 Å². The Morgan fingerprint density at radius 3 is 2.21 bits per heavy atom. The maximum absolute atomic E-state index is 12.2. The SMILES string of the molecule is CCC(C)CS(=O)(=O)CC(NC)c1ccc(C)cc1. The lowest BCUT2D eigenvalue weighted by Crippen LogP contribution is -2.28. The van der Waals surface area contributed by atoms with E-state index in [-0.39, 0.29) is 23.5 Å². The topological polar surface area (TPSA) is 46.2 Å². The first-order valence-electron chi connectivity index (χ1n) is 6.82. The molecule has 1 aromatic carbocycles. The minimum Gasteiger partial charge on any atom is -0.312 e.